The fourth-order valence-electron chi connectivity index (χ4n) is 1.01. The van der Waals surface area contributed by atoms with Gasteiger partial charge in [-0.3, -0.25) is 0 Å². The Morgan fingerprint density at radius 3 is 2.75 bits per heavy atom. The molecule has 1 heterocycles. The van der Waals surface area contributed by atoms with E-state index < -0.39 is 0 Å². The van der Waals surface area contributed by atoms with Gasteiger partial charge in [-0.15, -0.1) is 11.8 Å². The monoisotopic (exact) mass is 182 g/mol. The maximum absolute atomic E-state index is 5.53. The van der Waals surface area contributed by atoms with Crippen molar-refractivity contribution in [1.29, 1.82) is 0 Å². The minimum absolute atomic E-state index is 0.579. The van der Waals surface area contributed by atoms with Crippen molar-refractivity contribution >= 4 is 11.8 Å². The molecule has 0 aromatic carbocycles. The van der Waals surface area contributed by atoms with Crippen molar-refractivity contribution in [3.8, 4) is 0 Å². The van der Waals surface area contributed by atoms with Crippen LogP contribution in [0.15, 0.2) is 17.2 Å². The summed E-state index contributed by atoms with van der Waals surface area (Å²) in [6.07, 6.45) is 0. The van der Waals surface area contributed by atoms with Crippen LogP contribution in [0.1, 0.15) is 18.2 Å². The zero-order valence-corrected chi connectivity index (χ0v) is 8.32. The molecule has 0 saturated heterocycles. The van der Waals surface area contributed by atoms with Crippen molar-refractivity contribution in [1.82, 2.24) is 4.98 Å². The van der Waals surface area contributed by atoms with Crippen molar-refractivity contribution < 1.29 is 0 Å². The molecule has 12 heavy (non-hydrogen) atoms. The lowest BCUT2D eigenvalue weighted by molar-refractivity contribution is 0.964. The highest BCUT2D eigenvalue weighted by Crippen LogP contribution is 2.16. The highest BCUT2D eigenvalue weighted by atomic mass is 32.2. The highest BCUT2D eigenvalue weighted by Gasteiger charge is 1.98. The summed E-state index contributed by atoms with van der Waals surface area (Å²) in [6, 6.07) is 4.09. The van der Waals surface area contributed by atoms with Crippen LogP contribution in [0, 0.1) is 6.92 Å². The van der Waals surface area contributed by atoms with E-state index in [4.69, 9.17) is 5.73 Å². The normalized spacial score (nSPS) is 10.2. The van der Waals surface area contributed by atoms with E-state index in [-0.39, 0.29) is 0 Å². The quantitative estimate of drug-likeness (QED) is 0.726. The van der Waals surface area contributed by atoms with Crippen molar-refractivity contribution in [2.24, 2.45) is 5.73 Å². The van der Waals surface area contributed by atoms with Crippen LogP contribution < -0.4 is 5.73 Å². The molecule has 3 heteroatoms. The minimum Gasteiger partial charge on any atom is -0.326 e. The third-order valence-electron chi connectivity index (χ3n) is 1.68. The Labute approximate surface area is 77.6 Å². The zero-order valence-electron chi connectivity index (χ0n) is 7.50. The second kappa shape index (κ2) is 4.48. The molecule has 0 atom stereocenters. The average molecular weight is 182 g/mol. The van der Waals surface area contributed by atoms with Gasteiger partial charge < -0.3 is 5.73 Å². The standard InChI is InChI=1S/C9H14N2S/c1-3-12-9-5-4-8(6-10)7(2)11-9/h4-5H,3,6,10H2,1-2H3. The second-order valence-electron chi connectivity index (χ2n) is 2.53. The number of aryl methyl sites for hydroxylation is 1. The average Bonchev–Trinajstić information content (AvgIpc) is 2.05. The van der Waals surface area contributed by atoms with Crippen LogP contribution >= 0.6 is 11.8 Å². The van der Waals surface area contributed by atoms with Crippen LogP contribution in [0.4, 0.5) is 0 Å². The lowest BCUT2D eigenvalue weighted by atomic mass is 10.2. The van der Waals surface area contributed by atoms with Gasteiger partial charge in [0.25, 0.3) is 0 Å². The van der Waals surface area contributed by atoms with Crippen LogP contribution in [0.5, 0.6) is 0 Å². The molecule has 2 N–H and O–H groups in total. The van der Waals surface area contributed by atoms with E-state index in [0.29, 0.717) is 6.54 Å². The van der Waals surface area contributed by atoms with Gasteiger partial charge in [0, 0.05) is 12.2 Å². The van der Waals surface area contributed by atoms with Crippen molar-refractivity contribution in [2.75, 3.05) is 5.75 Å². The predicted molar refractivity (Wildman–Crippen MR) is 53.3 cm³/mol. The van der Waals surface area contributed by atoms with Gasteiger partial charge in [0.05, 0.1) is 5.03 Å². The number of pyridine rings is 1. The van der Waals surface area contributed by atoms with Crippen LogP contribution in [-0.4, -0.2) is 10.7 Å². The van der Waals surface area contributed by atoms with Gasteiger partial charge in [0.1, 0.15) is 0 Å². The Morgan fingerprint density at radius 1 is 1.50 bits per heavy atom. The van der Waals surface area contributed by atoms with Crippen LogP contribution in [0.3, 0.4) is 0 Å². The molecular formula is C9H14N2S. The summed E-state index contributed by atoms with van der Waals surface area (Å²) in [5.74, 6) is 1.06. The number of rotatable bonds is 3. The van der Waals surface area contributed by atoms with E-state index in [2.05, 4.69) is 18.0 Å². The fourth-order valence-corrected chi connectivity index (χ4v) is 1.67. The van der Waals surface area contributed by atoms with Gasteiger partial charge in [-0.2, -0.15) is 0 Å². The van der Waals surface area contributed by atoms with E-state index in [1.807, 2.05) is 13.0 Å². The number of aromatic nitrogens is 1. The summed E-state index contributed by atoms with van der Waals surface area (Å²) in [5, 5.41) is 1.09. The predicted octanol–water partition coefficient (Wildman–Crippen LogP) is 1.96. The lowest BCUT2D eigenvalue weighted by Crippen LogP contribution is -2.00. The number of nitrogens with zero attached hydrogens (tertiary/aromatic N) is 1. The minimum atomic E-state index is 0.579. The molecule has 0 aliphatic carbocycles. The smallest absolute Gasteiger partial charge is 0.0963 e. The first-order chi connectivity index (χ1) is 5.77. The highest BCUT2D eigenvalue weighted by molar-refractivity contribution is 7.99. The molecule has 1 aromatic heterocycles. The van der Waals surface area contributed by atoms with E-state index >= 15 is 0 Å². The Bertz CT molecular complexity index is 261. The first-order valence-electron chi connectivity index (χ1n) is 4.07. The first kappa shape index (κ1) is 9.55. The van der Waals surface area contributed by atoms with Crippen LogP contribution in [0.25, 0.3) is 0 Å². The summed E-state index contributed by atoms with van der Waals surface area (Å²) in [7, 11) is 0. The molecule has 0 radical (unpaired) electrons. The molecule has 2 nitrogen and oxygen atoms in total. The molecule has 1 rings (SSSR count). The lowest BCUT2D eigenvalue weighted by Gasteiger charge is -2.03. The molecule has 1 aromatic rings. The summed E-state index contributed by atoms with van der Waals surface area (Å²) in [4.78, 5) is 4.42. The maximum Gasteiger partial charge on any atom is 0.0963 e. The first-order valence-corrected chi connectivity index (χ1v) is 5.06. The van der Waals surface area contributed by atoms with Crippen LogP contribution in [0.2, 0.25) is 0 Å². The summed E-state index contributed by atoms with van der Waals surface area (Å²) in [5.41, 5.74) is 7.71. The van der Waals surface area contributed by atoms with Gasteiger partial charge in [0.15, 0.2) is 0 Å². The van der Waals surface area contributed by atoms with Gasteiger partial charge in [-0.25, -0.2) is 4.98 Å². The molecule has 0 saturated carbocycles. The molecule has 0 aliphatic heterocycles. The molecular weight excluding hydrogens is 168 g/mol. The molecule has 66 valence electrons. The van der Waals surface area contributed by atoms with Gasteiger partial charge >= 0.3 is 0 Å². The summed E-state index contributed by atoms with van der Waals surface area (Å²) >= 11 is 1.76. The molecule has 0 bridgehead atoms. The number of hydrogen-bond donors (Lipinski definition) is 1. The summed E-state index contributed by atoms with van der Waals surface area (Å²) in [6.45, 7) is 4.70. The number of hydrogen-bond acceptors (Lipinski definition) is 3. The molecule has 0 spiro atoms. The van der Waals surface area contributed by atoms with E-state index in [0.717, 1.165) is 22.0 Å². The SMILES string of the molecule is CCSc1ccc(CN)c(C)n1. The van der Waals surface area contributed by atoms with Crippen molar-refractivity contribution in [2.45, 2.75) is 25.4 Å². The summed E-state index contributed by atoms with van der Waals surface area (Å²) < 4.78 is 0. The third kappa shape index (κ3) is 2.22. The Morgan fingerprint density at radius 2 is 2.25 bits per heavy atom. The van der Waals surface area contributed by atoms with E-state index in [1.165, 1.54) is 0 Å². The van der Waals surface area contributed by atoms with Crippen molar-refractivity contribution in [3.63, 3.8) is 0 Å². The Kier molecular flexibility index (Phi) is 3.56. The van der Waals surface area contributed by atoms with E-state index in [1.54, 1.807) is 11.8 Å². The molecule has 0 fully saturated rings. The van der Waals surface area contributed by atoms with Gasteiger partial charge in [-0.1, -0.05) is 13.0 Å². The number of nitrogens with two attached hydrogens (primary N) is 1. The van der Waals surface area contributed by atoms with Gasteiger partial charge in [0.2, 0.25) is 0 Å². The maximum atomic E-state index is 5.53. The Hall–Kier alpha value is -0.540. The fraction of sp³-hybridized carbons (Fsp3) is 0.444. The topological polar surface area (TPSA) is 38.9 Å². The van der Waals surface area contributed by atoms with Crippen LogP contribution in [-0.2, 0) is 6.54 Å². The van der Waals surface area contributed by atoms with E-state index in [9.17, 15) is 0 Å². The van der Waals surface area contributed by atoms with Crippen molar-refractivity contribution in [3.05, 3.63) is 23.4 Å². The largest absolute Gasteiger partial charge is 0.326 e. The molecule has 0 aliphatic rings. The molecule has 0 unspecified atom stereocenters. The number of thioether (sulfide) groups is 1. The third-order valence-corrected chi connectivity index (χ3v) is 2.49. The molecule has 0 amide bonds. The van der Waals surface area contributed by atoms with Gasteiger partial charge in [-0.05, 0) is 24.3 Å². The zero-order chi connectivity index (χ0) is 8.97. The second-order valence-corrected chi connectivity index (χ2v) is 3.82. The Balaban J connectivity index is 2.86.